The lowest BCUT2D eigenvalue weighted by Gasteiger charge is -2.18. The number of nitriles is 1. The summed E-state index contributed by atoms with van der Waals surface area (Å²) in [4.78, 5) is 14.6. The first-order valence-electron chi connectivity index (χ1n) is 10.1. The molecule has 1 aliphatic rings. The molecule has 7 nitrogen and oxygen atoms in total. The fraction of sp³-hybridized carbons (Fsp3) is 0.348. The number of carbonyl (C=O) groups excluding carboxylic acids is 1. The predicted molar refractivity (Wildman–Crippen MR) is 114 cm³/mol. The van der Waals surface area contributed by atoms with Gasteiger partial charge in [0.15, 0.2) is 0 Å². The van der Waals surface area contributed by atoms with Crippen molar-refractivity contribution in [2.24, 2.45) is 5.92 Å². The van der Waals surface area contributed by atoms with Gasteiger partial charge in [-0.3, -0.25) is 9.89 Å². The van der Waals surface area contributed by atoms with E-state index in [1.807, 2.05) is 0 Å². The maximum Gasteiger partial charge on any atom is 0.261 e. The largest absolute Gasteiger partial charge is 0.507 e. The van der Waals surface area contributed by atoms with Crippen molar-refractivity contribution in [2.75, 3.05) is 18.6 Å². The number of carbonyl (C=O) groups is 1. The molecule has 0 bridgehead atoms. The van der Waals surface area contributed by atoms with Gasteiger partial charge in [-0.05, 0) is 61.9 Å². The summed E-state index contributed by atoms with van der Waals surface area (Å²) in [6.45, 7) is 0.476. The Kier molecular flexibility index (Phi) is 5.57. The number of hydrogen-bond acceptors (Lipinski definition) is 5. The van der Waals surface area contributed by atoms with Crippen LogP contribution in [0, 0.1) is 17.2 Å². The molecule has 3 aromatic rings. The number of phenolic OH excluding ortho intramolecular Hbond substituents is 1. The molecule has 2 N–H and O–H groups in total. The maximum atomic E-state index is 13.1. The second-order valence-electron chi connectivity index (χ2n) is 7.70. The summed E-state index contributed by atoms with van der Waals surface area (Å²) < 4.78 is 5.59. The average molecular weight is 404 g/mol. The quantitative estimate of drug-likeness (QED) is 0.548. The third kappa shape index (κ3) is 4.23. The van der Waals surface area contributed by atoms with E-state index in [0.29, 0.717) is 36.8 Å². The van der Waals surface area contributed by atoms with Crippen LogP contribution in [0.5, 0.6) is 11.5 Å². The number of aromatic amines is 1. The van der Waals surface area contributed by atoms with Gasteiger partial charge in [0.25, 0.3) is 5.91 Å². The highest BCUT2D eigenvalue weighted by atomic mass is 16.5. The Morgan fingerprint density at radius 1 is 1.33 bits per heavy atom. The molecular weight excluding hydrogens is 380 g/mol. The van der Waals surface area contributed by atoms with Crippen LogP contribution in [-0.4, -0.2) is 34.9 Å². The van der Waals surface area contributed by atoms with Crippen LogP contribution in [0.15, 0.2) is 36.4 Å². The third-order valence-corrected chi connectivity index (χ3v) is 5.40. The van der Waals surface area contributed by atoms with Crippen LogP contribution in [0.25, 0.3) is 10.9 Å². The smallest absolute Gasteiger partial charge is 0.261 e. The van der Waals surface area contributed by atoms with E-state index in [1.165, 1.54) is 17.7 Å². The molecule has 1 aliphatic carbocycles. The second kappa shape index (κ2) is 8.46. The molecule has 7 heteroatoms. The van der Waals surface area contributed by atoms with Crippen molar-refractivity contribution in [1.82, 2.24) is 10.2 Å². The molecule has 154 valence electrons. The highest BCUT2D eigenvalue weighted by Crippen LogP contribution is 2.35. The molecule has 1 aromatic heterocycles. The number of hydrogen-bond donors (Lipinski definition) is 2. The lowest BCUT2D eigenvalue weighted by molar-refractivity contribution is 0.0990. The fourth-order valence-electron chi connectivity index (χ4n) is 3.43. The summed E-state index contributed by atoms with van der Waals surface area (Å²) in [5, 5.41) is 27.2. The number of benzene rings is 2. The van der Waals surface area contributed by atoms with Crippen LogP contribution in [-0.2, 0) is 6.42 Å². The van der Waals surface area contributed by atoms with Crippen molar-refractivity contribution in [3.8, 4) is 17.6 Å². The molecular formula is C23H24N4O3. The van der Waals surface area contributed by atoms with E-state index in [4.69, 9.17) is 10.00 Å². The molecule has 0 atom stereocenters. The summed E-state index contributed by atoms with van der Waals surface area (Å²) in [7, 11) is 1.68. The minimum Gasteiger partial charge on any atom is -0.507 e. The molecule has 1 fully saturated rings. The highest BCUT2D eigenvalue weighted by molar-refractivity contribution is 6.09. The Morgan fingerprint density at radius 2 is 2.10 bits per heavy atom. The van der Waals surface area contributed by atoms with Gasteiger partial charge < -0.3 is 14.7 Å². The molecule has 1 saturated carbocycles. The normalized spacial score (nSPS) is 13.2. The van der Waals surface area contributed by atoms with E-state index in [0.717, 1.165) is 23.0 Å². The van der Waals surface area contributed by atoms with Crippen molar-refractivity contribution in [3.63, 3.8) is 0 Å². The van der Waals surface area contributed by atoms with Gasteiger partial charge in [0, 0.05) is 30.6 Å². The lowest BCUT2D eigenvalue weighted by atomic mass is 10.1. The van der Waals surface area contributed by atoms with Crippen LogP contribution in [0.2, 0.25) is 0 Å². The van der Waals surface area contributed by atoms with E-state index < -0.39 is 0 Å². The second-order valence-corrected chi connectivity index (χ2v) is 7.70. The van der Waals surface area contributed by atoms with Crippen LogP contribution in [0.1, 0.15) is 41.7 Å². The van der Waals surface area contributed by atoms with Crippen molar-refractivity contribution < 1.29 is 14.6 Å². The SMILES string of the molecule is CN(C(=O)c1cc2c(CC3CC3)n[nH]c2cc1O)c1ccc(OCCCC#N)cc1. The molecule has 1 amide bonds. The maximum absolute atomic E-state index is 13.1. The zero-order valence-electron chi connectivity index (χ0n) is 16.9. The van der Waals surface area contributed by atoms with Gasteiger partial charge in [-0.25, -0.2) is 0 Å². The first kappa shape index (κ1) is 19.8. The number of anilines is 1. The van der Waals surface area contributed by atoms with Gasteiger partial charge in [0.05, 0.1) is 29.5 Å². The van der Waals surface area contributed by atoms with Gasteiger partial charge in [-0.15, -0.1) is 0 Å². The number of ether oxygens (including phenoxy) is 1. The Hall–Kier alpha value is -3.53. The summed E-state index contributed by atoms with van der Waals surface area (Å²) >= 11 is 0. The van der Waals surface area contributed by atoms with Gasteiger partial charge in [0.1, 0.15) is 11.5 Å². The number of nitrogens with zero attached hydrogens (tertiary/aromatic N) is 3. The first-order valence-corrected chi connectivity index (χ1v) is 10.1. The van der Waals surface area contributed by atoms with Crippen LogP contribution < -0.4 is 9.64 Å². The van der Waals surface area contributed by atoms with Gasteiger partial charge in [-0.2, -0.15) is 10.4 Å². The van der Waals surface area contributed by atoms with Crippen molar-refractivity contribution in [1.29, 1.82) is 5.26 Å². The Labute approximate surface area is 174 Å². The third-order valence-electron chi connectivity index (χ3n) is 5.40. The molecule has 2 aromatic carbocycles. The highest BCUT2D eigenvalue weighted by Gasteiger charge is 2.25. The van der Waals surface area contributed by atoms with Crippen LogP contribution in [0.4, 0.5) is 5.69 Å². The molecule has 0 unspecified atom stereocenters. The van der Waals surface area contributed by atoms with E-state index >= 15 is 0 Å². The molecule has 4 rings (SSSR count). The van der Waals surface area contributed by atoms with Gasteiger partial charge in [-0.1, -0.05) is 0 Å². The number of H-pyrrole nitrogens is 1. The number of aromatic nitrogens is 2. The summed E-state index contributed by atoms with van der Waals surface area (Å²) in [5.74, 6) is 0.992. The zero-order chi connectivity index (χ0) is 21.1. The number of aromatic hydroxyl groups is 1. The molecule has 0 saturated heterocycles. The van der Waals surface area contributed by atoms with Gasteiger partial charge in [0.2, 0.25) is 0 Å². The number of phenols is 1. The van der Waals surface area contributed by atoms with Crippen molar-refractivity contribution in [2.45, 2.75) is 32.1 Å². The van der Waals surface area contributed by atoms with Crippen LogP contribution in [0.3, 0.4) is 0 Å². The van der Waals surface area contributed by atoms with Crippen molar-refractivity contribution in [3.05, 3.63) is 47.7 Å². The minimum absolute atomic E-state index is 0.0709. The number of rotatable bonds is 8. The summed E-state index contributed by atoms with van der Waals surface area (Å²) in [6, 6.07) is 12.6. The van der Waals surface area contributed by atoms with Gasteiger partial charge >= 0.3 is 0 Å². The summed E-state index contributed by atoms with van der Waals surface area (Å²) in [5.41, 5.74) is 2.62. The molecule has 30 heavy (non-hydrogen) atoms. The van der Waals surface area contributed by atoms with E-state index in [1.54, 1.807) is 43.4 Å². The van der Waals surface area contributed by atoms with Crippen LogP contribution >= 0.6 is 0 Å². The molecule has 0 aliphatic heterocycles. The topological polar surface area (TPSA) is 102 Å². The van der Waals surface area contributed by atoms with Crippen molar-refractivity contribution >= 4 is 22.5 Å². The number of unbranched alkanes of at least 4 members (excludes halogenated alkanes) is 1. The number of nitrogens with one attached hydrogen (secondary N) is 1. The zero-order valence-corrected chi connectivity index (χ0v) is 16.9. The van der Waals surface area contributed by atoms with E-state index in [-0.39, 0.29) is 17.2 Å². The monoisotopic (exact) mass is 404 g/mol. The molecule has 0 radical (unpaired) electrons. The Morgan fingerprint density at radius 3 is 2.80 bits per heavy atom. The number of fused-ring (bicyclic) bond motifs is 1. The van der Waals surface area contributed by atoms with E-state index in [2.05, 4.69) is 16.3 Å². The lowest BCUT2D eigenvalue weighted by Crippen LogP contribution is -2.26. The summed E-state index contributed by atoms with van der Waals surface area (Å²) in [6.07, 6.45) is 4.47. The molecule has 0 spiro atoms. The standard InChI is InChI=1S/C23H24N4O3/c1-27(16-6-8-17(9-7-16)30-11-3-2-10-24)23(29)19-13-18-20(12-15-4-5-15)25-26-21(18)14-22(19)28/h6-9,13-15,28H,2-5,11-12H2,1H3,(H,25,26). The average Bonchev–Trinajstić information content (AvgIpc) is 3.50. The fourth-order valence-corrected chi connectivity index (χ4v) is 3.43. The Balaban J connectivity index is 1.51. The first-order chi connectivity index (χ1) is 14.6. The number of amides is 1. The Bertz CT molecular complexity index is 1090. The minimum atomic E-state index is -0.296. The molecule has 1 heterocycles. The van der Waals surface area contributed by atoms with E-state index in [9.17, 15) is 9.90 Å². The predicted octanol–water partition coefficient (Wildman–Crippen LogP) is 4.18.